The Hall–Kier alpha value is -3.89. The van der Waals surface area contributed by atoms with Gasteiger partial charge in [-0.25, -0.2) is 23.3 Å². The summed E-state index contributed by atoms with van der Waals surface area (Å²) in [4.78, 5) is 24.2. The highest BCUT2D eigenvalue weighted by Gasteiger charge is 2.22. The van der Waals surface area contributed by atoms with E-state index in [4.69, 9.17) is 7.10 Å². The monoisotopic (exact) mass is 372 g/mol. The molecule has 0 saturated carbocycles. The van der Waals surface area contributed by atoms with Crippen LogP contribution in [0.5, 0.6) is 0 Å². The van der Waals surface area contributed by atoms with E-state index in [0.717, 1.165) is 23.1 Å². The van der Waals surface area contributed by atoms with Gasteiger partial charge in [-0.1, -0.05) is 0 Å². The minimum Gasteiger partial charge on any atom is -0.381 e. The molecule has 0 aliphatic heterocycles. The summed E-state index contributed by atoms with van der Waals surface area (Å²) in [6.45, 7) is 0. The predicted octanol–water partition coefficient (Wildman–Crippen LogP) is 1.64. The lowest BCUT2D eigenvalue weighted by atomic mass is 10.1. The van der Waals surface area contributed by atoms with Crippen LogP contribution >= 0.6 is 0 Å². The fourth-order valence-electron chi connectivity index (χ4n) is 2.67. The number of carbonyl (C=O) groups is 1. The number of aromatic nitrogens is 6. The van der Waals surface area contributed by atoms with Crippen molar-refractivity contribution in [1.82, 2.24) is 29.1 Å². The number of rotatable bonds is 3. The first kappa shape index (κ1) is 15.4. The minimum absolute atomic E-state index is 0.00546. The highest BCUT2D eigenvalue weighted by molar-refractivity contribution is 6.12. The Morgan fingerprint density at radius 1 is 1.26 bits per heavy atom. The number of nitrogens with zero attached hydrogens (tertiary/aromatic N) is 6. The molecule has 1 amide bonds. The highest BCUT2D eigenvalue weighted by Crippen LogP contribution is 2.30. The second kappa shape index (κ2) is 6.12. The molecular formula is C16H12F2N8O. The third-order valence-electron chi connectivity index (χ3n) is 3.86. The summed E-state index contributed by atoms with van der Waals surface area (Å²) >= 11 is 0. The average Bonchev–Trinajstić information content (AvgIpc) is 3.14. The maximum Gasteiger partial charge on any atom is 0.263 e. The number of amides is 1. The molecule has 0 spiro atoms. The molecule has 0 unspecified atom stereocenters. The number of anilines is 2. The highest BCUT2D eigenvalue weighted by atomic mass is 19.1. The van der Waals surface area contributed by atoms with Crippen LogP contribution in [0.2, 0.25) is 0 Å². The normalized spacial score (nSPS) is 11.6. The largest absolute Gasteiger partial charge is 0.381 e. The first-order valence-corrected chi connectivity index (χ1v) is 7.59. The Morgan fingerprint density at radius 2 is 2.07 bits per heavy atom. The number of carbonyl (C=O) groups excluding carboxylic acids is 1. The zero-order valence-electron chi connectivity index (χ0n) is 14.8. The molecule has 0 bridgehead atoms. The molecular weight excluding hydrogens is 359 g/mol. The number of hydrogen-bond donors (Lipinski definition) is 2. The van der Waals surface area contributed by atoms with Gasteiger partial charge in [-0.3, -0.25) is 9.78 Å². The standard InChI is InChI=1S/C16H12F2N8O/c1-25-7-21-5-11(25)12-9(18)3-20-4-10(12)23-16(27)13-14(19)24-26-6-8(17)2-22-15(13)26/h2-7H,1H3,(H2,19,24)(H,23,27)/i7D,14+1. The number of pyridine rings is 1. The lowest BCUT2D eigenvalue weighted by Gasteiger charge is -2.11. The quantitative estimate of drug-likeness (QED) is 0.565. The smallest absolute Gasteiger partial charge is 0.263 e. The molecule has 0 aromatic carbocycles. The van der Waals surface area contributed by atoms with Gasteiger partial charge < -0.3 is 15.6 Å². The van der Waals surface area contributed by atoms with E-state index in [1.807, 2.05) is 0 Å². The van der Waals surface area contributed by atoms with Gasteiger partial charge in [-0.05, 0) is 0 Å². The van der Waals surface area contributed by atoms with Crippen LogP contribution in [0.15, 0.2) is 37.3 Å². The van der Waals surface area contributed by atoms with E-state index in [1.165, 1.54) is 24.0 Å². The SMILES string of the molecule is [2H]c1ncc(-c2c(F)cncc2NC(=O)c2c3ncc(F)cn3n[13c]2N)n1C. The van der Waals surface area contributed by atoms with E-state index in [9.17, 15) is 13.6 Å². The molecule has 0 fully saturated rings. The summed E-state index contributed by atoms with van der Waals surface area (Å²) in [6.07, 6.45) is 5.41. The molecule has 4 aromatic heterocycles. The van der Waals surface area contributed by atoms with Gasteiger partial charge in [0.05, 0.1) is 54.2 Å². The van der Waals surface area contributed by atoms with Gasteiger partial charge in [-0.15, -0.1) is 5.10 Å². The van der Waals surface area contributed by atoms with Crippen LogP contribution in [-0.2, 0) is 7.05 Å². The maximum absolute atomic E-state index is 14.5. The Morgan fingerprint density at radius 3 is 2.81 bits per heavy atom. The maximum atomic E-state index is 14.5. The third-order valence-corrected chi connectivity index (χ3v) is 3.86. The molecule has 0 radical (unpaired) electrons. The Balaban J connectivity index is 1.79. The topological polar surface area (TPSA) is 116 Å². The minimum atomic E-state index is -0.728. The molecule has 9 nitrogen and oxygen atoms in total. The molecule has 4 aromatic rings. The van der Waals surface area contributed by atoms with Crippen molar-refractivity contribution in [2.45, 2.75) is 0 Å². The van der Waals surface area contributed by atoms with Crippen LogP contribution in [0.1, 0.15) is 11.7 Å². The van der Waals surface area contributed by atoms with Gasteiger partial charge in [0.2, 0.25) is 0 Å². The summed E-state index contributed by atoms with van der Waals surface area (Å²) in [5.74, 6) is -2.26. The Bertz CT molecular complexity index is 1240. The first-order valence-electron chi connectivity index (χ1n) is 8.09. The van der Waals surface area contributed by atoms with Gasteiger partial charge in [0.25, 0.3) is 5.91 Å². The molecule has 136 valence electrons. The van der Waals surface area contributed by atoms with Crippen molar-refractivity contribution in [3.8, 4) is 11.3 Å². The molecule has 4 heterocycles. The fourth-order valence-corrected chi connectivity index (χ4v) is 2.67. The molecule has 11 heteroatoms. The van der Waals surface area contributed by atoms with Crippen LogP contribution in [0.25, 0.3) is 16.9 Å². The summed E-state index contributed by atoms with van der Waals surface area (Å²) in [5, 5.41) is 6.38. The molecule has 0 aliphatic carbocycles. The molecule has 27 heavy (non-hydrogen) atoms. The van der Waals surface area contributed by atoms with Crippen LogP contribution in [-0.4, -0.2) is 35.0 Å². The van der Waals surface area contributed by atoms with Gasteiger partial charge in [0, 0.05) is 7.05 Å². The average molecular weight is 372 g/mol. The Kier molecular flexibility index (Phi) is 3.49. The van der Waals surface area contributed by atoms with E-state index >= 15 is 0 Å². The molecule has 0 aliphatic rings. The summed E-state index contributed by atoms with van der Waals surface area (Å²) < 4.78 is 37.9. The zero-order chi connectivity index (χ0) is 20.0. The van der Waals surface area contributed by atoms with Gasteiger partial charge in [0.1, 0.15) is 6.93 Å². The third kappa shape index (κ3) is 2.74. The number of nitrogens with one attached hydrogen (secondary N) is 1. The number of halogens is 2. The Labute approximate surface area is 151 Å². The number of fused-ring (bicyclic) bond motifs is 1. The van der Waals surface area contributed by atoms with Crippen molar-refractivity contribution in [3.05, 3.63) is 54.5 Å². The summed E-state index contributed by atoms with van der Waals surface area (Å²) in [5.41, 5.74) is 6.04. The van der Waals surface area contributed by atoms with Crippen molar-refractivity contribution in [3.63, 3.8) is 0 Å². The number of nitrogen functional groups attached to an aromatic ring is 1. The molecule has 4 rings (SSSR count). The molecule has 0 atom stereocenters. The second-order valence-electron chi connectivity index (χ2n) is 5.60. The van der Waals surface area contributed by atoms with Gasteiger partial charge in [0.15, 0.2) is 23.1 Å². The lowest BCUT2D eigenvalue weighted by Crippen LogP contribution is -2.15. The summed E-state index contributed by atoms with van der Waals surface area (Å²) in [7, 11) is 1.54. The van der Waals surface area contributed by atoms with Crippen LogP contribution in [0.3, 0.4) is 0 Å². The van der Waals surface area contributed by atoms with E-state index < -0.39 is 17.5 Å². The number of hydrogen-bond acceptors (Lipinski definition) is 6. The fraction of sp³-hybridized carbons (Fsp3) is 0.0625. The number of nitrogens with two attached hydrogens (primary N) is 1. The van der Waals surface area contributed by atoms with E-state index in [-0.39, 0.29) is 40.3 Å². The predicted molar refractivity (Wildman–Crippen MR) is 91.7 cm³/mol. The first-order chi connectivity index (χ1) is 13.4. The van der Waals surface area contributed by atoms with Crippen molar-refractivity contribution >= 4 is 23.1 Å². The van der Waals surface area contributed by atoms with Crippen LogP contribution in [0, 0.1) is 11.6 Å². The summed E-state index contributed by atoms with van der Waals surface area (Å²) in [6, 6.07) is 0. The molecule has 3 N–H and O–H groups in total. The van der Waals surface area contributed by atoms with Crippen LogP contribution < -0.4 is 11.1 Å². The van der Waals surface area contributed by atoms with Crippen molar-refractivity contribution in [1.29, 1.82) is 0 Å². The van der Waals surface area contributed by atoms with Crippen molar-refractivity contribution in [2.24, 2.45) is 7.05 Å². The lowest BCUT2D eigenvalue weighted by molar-refractivity contribution is 0.102. The van der Waals surface area contributed by atoms with Crippen LogP contribution in [0.4, 0.5) is 20.3 Å². The second-order valence-corrected chi connectivity index (χ2v) is 5.60. The van der Waals surface area contributed by atoms with Crippen molar-refractivity contribution in [2.75, 3.05) is 11.1 Å². The number of imidazole rings is 1. The van der Waals surface area contributed by atoms with E-state index in [2.05, 4.69) is 25.4 Å². The van der Waals surface area contributed by atoms with Gasteiger partial charge in [-0.2, -0.15) is 0 Å². The van der Waals surface area contributed by atoms with Gasteiger partial charge >= 0.3 is 0 Å². The van der Waals surface area contributed by atoms with E-state index in [0.29, 0.717) is 0 Å². The molecule has 0 saturated heterocycles. The zero-order valence-corrected chi connectivity index (χ0v) is 13.8. The van der Waals surface area contributed by atoms with Crippen molar-refractivity contribution < 1.29 is 14.9 Å². The van der Waals surface area contributed by atoms with E-state index in [1.54, 1.807) is 0 Å².